The van der Waals surface area contributed by atoms with Crippen molar-refractivity contribution in [3.63, 3.8) is 0 Å². The number of para-hydroxylation sites is 1. The van der Waals surface area contributed by atoms with E-state index in [1.54, 1.807) is 6.33 Å². The molecule has 2 N–H and O–H groups in total. The van der Waals surface area contributed by atoms with Crippen molar-refractivity contribution in [2.45, 2.75) is 6.42 Å². The fourth-order valence-corrected chi connectivity index (χ4v) is 1.93. The Kier molecular flexibility index (Phi) is 2.53. The summed E-state index contributed by atoms with van der Waals surface area (Å²) in [6.45, 7) is 1.39. The largest absolute Gasteiger partial charge is 0.381 e. The fourth-order valence-electron chi connectivity index (χ4n) is 1.93. The van der Waals surface area contributed by atoms with Crippen molar-refractivity contribution < 1.29 is 9.53 Å². The molecule has 3 rings (SSSR count). The van der Waals surface area contributed by atoms with Crippen LogP contribution in [0.2, 0.25) is 0 Å². The lowest BCUT2D eigenvalue weighted by Gasteiger charge is -2.25. The topological polar surface area (TPSA) is 67.0 Å². The summed E-state index contributed by atoms with van der Waals surface area (Å²) in [5, 5.41) is 2.89. The first-order valence-electron chi connectivity index (χ1n) is 5.62. The average Bonchev–Trinajstić information content (AvgIpc) is 2.73. The number of aromatic nitrogens is 2. The quantitative estimate of drug-likeness (QED) is 0.842. The van der Waals surface area contributed by atoms with Crippen molar-refractivity contribution in [1.82, 2.24) is 9.97 Å². The smallest absolute Gasteiger partial charge is 0.224 e. The third-order valence-electron chi connectivity index (χ3n) is 2.90. The lowest BCUT2D eigenvalue weighted by molar-refractivity contribution is -0.121. The zero-order valence-corrected chi connectivity index (χ0v) is 9.27. The highest BCUT2D eigenvalue weighted by Gasteiger charge is 2.21. The molecule has 0 aliphatic carbocycles. The van der Waals surface area contributed by atoms with Crippen molar-refractivity contribution >= 4 is 22.6 Å². The Bertz CT molecular complexity index is 545. The fraction of sp³-hybridized carbons (Fsp3) is 0.333. The SMILES string of the molecule is O=C(CC1COC1)Nc1cccc2[nH]cnc12. The van der Waals surface area contributed by atoms with Gasteiger partial charge in [-0.2, -0.15) is 0 Å². The number of nitrogens with one attached hydrogen (secondary N) is 2. The number of carbonyl (C=O) groups is 1. The zero-order valence-electron chi connectivity index (χ0n) is 9.27. The highest BCUT2D eigenvalue weighted by molar-refractivity contribution is 5.99. The molecule has 0 atom stereocenters. The highest BCUT2D eigenvalue weighted by Crippen LogP contribution is 2.21. The number of amides is 1. The molecular weight excluding hydrogens is 218 g/mol. The van der Waals surface area contributed by atoms with E-state index in [0.29, 0.717) is 25.6 Å². The number of H-pyrrole nitrogens is 1. The number of hydrogen-bond acceptors (Lipinski definition) is 3. The van der Waals surface area contributed by atoms with Crippen molar-refractivity contribution in [3.05, 3.63) is 24.5 Å². The molecule has 1 fully saturated rings. The number of aromatic amines is 1. The van der Waals surface area contributed by atoms with E-state index in [1.165, 1.54) is 0 Å². The summed E-state index contributed by atoms with van der Waals surface area (Å²) in [6.07, 6.45) is 2.14. The van der Waals surface area contributed by atoms with Crippen molar-refractivity contribution in [2.24, 2.45) is 5.92 Å². The molecule has 2 heterocycles. The molecule has 0 radical (unpaired) electrons. The molecule has 2 aromatic rings. The summed E-state index contributed by atoms with van der Waals surface area (Å²) in [6, 6.07) is 5.68. The Morgan fingerprint density at radius 2 is 2.41 bits per heavy atom. The second-order valence-electron chi connectivity index (χ2n) is 4.26. The van der Waals surface area contributed by atoms with Crippen LogP contribution in [0.3, 0.4) is 0 Å². The van der Waals surface area contributed by atoms with Gasteiger partial charge in [-0.25, -0.2) is 4.98 Å². The molecule has 0 bridgehead atoms. The van der Waals surface area contributed by atoms with Crippen LogP contribution in [-0.2, 0) is 9.53 Å². The molecule has 5 heteroatoms. The number of ether oxygens (including phenoxy) is 1. The van der Waals surface area contributed by atoms with Gasteiger partial charge in [0.2, 0.25) is 5.91 Å². The van der Waals surface area contributed by atoms with E-state index in [9.17, 15) is 4.79 Å². The second kappa shape index (κ2) is 4.18. The maximum atomic E-state index is 11.8. The summed E-state index contributed by atoms with van der Waals surface area (Å²) in [4.78, 5) is 19.0. The Labute approximate surface area is 98.2 Å². The molecule has 1 aromatic carbocycles. The van der Waals surface area contributed by atoms with Gasteiger partial charge in [0, 0.05) is 12.3 Å². The van der Waals surface area contributed by atoms with Gasteiger partial charge in [-0.05, 0) is 12.1 Å². The second-order valence-corrected chi connectivity index (χ2v) is 4.26. The zero-order chi connectivity index (χ0) is 11.7. The molecule has 0 unspecified atom stereocenters. The Hall–Kier alpha value is -1.88. The number of carbonyl (C=O) groups excluding carboxylic acids is 1. The van der Waals surface area contributed by atoms with E-state index in [-0.39, 0.29) is 5.91 Å². The molecule has 1 aliphatic rings. The van der Waals surface area contributed by atoms with Gasteiger partial charge in [-0.1, -0.05) is 6.07 Å². The van der Waals surface area contributed by atoms with Gasteiger partial charge < -0.3 is 15.0 Å². The van der Waals surface area contributed by atoms with E-state index in [1.807, 2.05) is 18.2 Å². The number of hydrogen-bond donors (Lipinski definition) is 2. The van der Waals surface area contributed by atoms with Crippen molar-refractivity contribution in [3.8, 4) is 0 Å². The molecule has 1 aromatic heterocycles. The van der Waals surface area contributed by atoms with E-state index in [0.717, 1.165) is 16.7 Å². The number of nitrogens with zero attached hydrogens (tertiary/aromatic N) is 1. The van der Waals surface area contributed by atoms with E-state index < -0.39 is 0 Å². The number of benzene rings is 1. The molecule has 17 heavy (non-hydrogen) atoms. The number of fused-ring (bicyclic) bond motifs is 1. The van der Waals surface area contributed by atoms with Crippen LogP contribution in [0.4, 0.5) is 5.69 Å². The van der Waals surface area contributed by atoms with Crippen LogP contribution in [0.1, 0.15) is 6.42 Å². The van der Waals surface area contributed by atoms with E-state index in [4.69, 9.17) is 4.74 Å². The predicted octanol–water partition coefficient (Wildman–Crippen LogP) is 1.54. The van der Waals surface area contributed by atoms with Crippen LogP contribution >= 0.6 is 0 Å². The number of anilines is 1. The molecule has 1 aliphatic heterocycles. The molecule has 1 saturated heterocycles. The third-order valence-corrected chi connectivity index (χ3v) is 2.90. The van der Waals surface area contributed by atoms with Gasteiger partial charge in [-0.3, -0.25) is 4.79 Å². The van der Waals surface area contributed by atoms with Crippen LogP contribution in [0.15, 0.2) is 24.5 Å². The minimum Gasteiger partial charge on any atom is -0.381 e. The Balaban J connectivity index is 1.75. The summed E-state index contributed by atoms with van der Waals surface area (Å²) in [7, 11) is 0. The average molecular weight is 231 g/mol. The number of imidazole rings is 1. The normalized spacial score (nSPS) is 15.8. The van der Waals surface area contributed by atoms with Crippen molar-refractivity contribution in [1.29, 1.82) is 0 Å². The Morgan fingerprint density at radius 1 is 1.53 bits per heavy atom. The van der Waals surface area contributed by atoms with Crippen LogP contribution in [0.25, 0.3) is 11.0 Å². The van der Waals surface area contributed by atoms with Gasteiger partial charge in [-0.15, -0.1) is 0 Å². The first-order chi connectivity index (χ1) is 8.33. The molecule has 5 nitrogen and oxygen atoms in total. The standard InChI is InChI=1S/C12H13N3O2/c16-11(4-8-5-17-6-8)15-10-3-1-2-9-12(10)14-7-13-9/h1-3,7-8H,4-6H2,(H,13,14)(H,15,16). The van der Waals surface area contributed by atoms with Gasteiger partial charge in [0.15, 0.2) is 0 Å². The van der Waals surface area contributed by atoms with Crippen LogP contribution < -0.4 is 5.32 Å². The third kappa shape index (κ3) is 2.01. The number of rotatable bonds is 3. The van der Waals surface area contributed by atoms with E-state index >= 15 is 0 Å². The first-order valence-corrected chi connectivity index (χ1v) is 5.62. The van der Waals surface area contributed by atoms with Gasteiger partial charge in [0.1, 0.15) is 5.52 Å². The lowest BCUT2D eigenvalue weighted by Crippen LogP contribution is -2.31. The van der Waals surface area contributed by atoms with Gasteiger partial charge in [0.05, 0.1) is 30.7 Å². The monoisotopic (exact) mass is 231 g/mol. The first kappa shape index (κ1) is 10.3. The summed E-state index contributed by atoms with van der Waals surface area (Å²) < 4.78 is 5.05. The molecular formula is C12H13N3O2. The van der Waals surface area contributed by atoms with Crippen LogP contribution in [0.5, 0.6) is 0 Å². The summed E-state index contributed by atoms with van der Waals surface area (Å²) >= 11 is 0. The summed E-state index contributed by atoms with van der Waals surface area (Å²) in [5.41, 5.74) is 2.48. The Morgan fingerprint density at radius 3 is 3.18 bits per heavy atom. The predicted molar refractivity (Wildman–Crippen MR) is 63.6 cm³/mol. The minimum absolute atomic E-state index is 0.0220. The van der Waals surface area contributed by atoms with Gasteiger partial charge in [0.25, 0.3) is 0 Å². The lowest BCUT2D eigenvalue weighted by atomic mass is 10.0. The van der Waals surface area contributed by atoms with Crippen molar-refractivity contribution in [2.75, 3.05) is 18.5 Å². The molecule has 0 spiro atoms. The van der Waals surface area contributed by atoms with Crippen LogP contribution in [-0.4, -0.2) is 29.1 Å². The molecule has 1 amide bonds. The maximum absolute atomic E-state index is 11.8. The maximum Gasteiger partial charge on any atom is 0.224 e. The van der Waals surface area contributed by atoms with Crippen LogP contribution in [0, 0.1) is 5.92 Å². The molecule has 88 valence electrons. The summed E-state index contributed by atoms with van der Waals surface area (Å²) in [5.74, 6) is 0.391. The minimum atomic E-state index is 0.0220. The van der Waals surface area contributed by atoms with E-state index in [2.05, 4.69) is 15.3 Å². The molecule has 0 saturated carbocycles. The highest BCUT2D eigenvalue weighted by atomic mass is 16.5. The van der Waals surface area contributed by atoms with Gasteiger partial charge >= 0.3 is 0 Å².